The number of rotatable bonds is 4. The molecule has 1 aromatic heterocycles. The molecule has 0 fully saturated rings. The Morgan fingerprint density at radius 2 is 1.95 bits per heavy atom. The molecule has 0 unspecified atom stereocenters. The average Bonchev–Trinajstić information content (AvgIpc) is 2.74. The molecule has 0 aliphatic heterocycles. The predicted molar refractivity (Wildman–Crippen MR) is 91.6 cm³/mol. The summed E-state index contributed by atoms with van der Waals surface area (Å²) in [5.74, 6) is 0. The molecule has 0 radical (unpaired) electrons. The third-order valence-corrected chi connectivity index (χ3v) is 3.90. The Hall–Kier alpha value is -1.88. The lowest BCUT2D eigenvalue weighted by atomic mass is 10.2. The molecule has 0 saturated heterocycles. The molecule has 1 aromatic carbocycles. The quantitative estimate of drug-likeness (QED) is 0.850. The fourth-order valence-corrected chi connectivity index (χ4v) is 2.53. The minimum Gasteiger partial charge on any atom is -0.358 e. The summed E-state index contributed by atoms with van der Waals surface area (Å²) in [4.78, 5) is 0. The highest BCUT2D eigenvalue weighted by atomic mass is 32.1. The number of benzene rings is 1. The number of nitrogens with zero attached hydrogens (tertiary/aromatic N) is 2. The van der Waals surface area contributed by atoms with Crippen LogP contribution in [0, 0.1) is 20.8 Å². The Kier molecular flexibility index (Phi) is 4.96. The second-order valence-electron chi connectivity index (χ2n) is 5.09. The maximum absolute atomic E-state index is 5.37. The number of aromatic nitrogens is 2. The van der Waals surface area contributed by atoms with Crippen LogP contribution in [0.3, 0.4) is 0 Å². The molecule has 0 aliphatic rings. The summed E-state index contributed by atoms with van der Waals surface area (Å²) in [6, 6.07) is 8.10. The monoisotopic (exact) mass is 302 g/mol. The maximum Gasteiger partial charge on any atom is 0.171 e. The van der Waals surface area contributed by atoms with E-state index in [9.17, 15) is 0 Å². The first-order valence-electron chi connectivity index (χ1n) is 7.16. The Labute approximate surface area is 131 Å². The molecule has 0 bridgehead atoms. The van der Waals surface area contributed by atoms with E-state index in [0.717, 1.165) is 17.9 Å². The van der Waals surface area contributed by atoms with E-state index >= 15 is 0 Å². The SMILES string of the molecule is CCn1nc(C)c(CNC(=S)Nc2ccccc2C)c1C. The lowest BCUT2D eigenvalue weighted by molar-refractivity contribution is 0.633. The van der Waals surface area contributed by atoms with Gasteiger partial charge in [-0.2, -0.15) is 5.10 Å². The van der Waals surface area contributed by atoms with Gasteiger partial charge in [-0.15, -0.1) is 0 Å². The van der Waals surface area contributed by atoms with Crippen molar-refractivity contribution in [2.45, 2.75) is 40.8 Å². The van der Waals surface area contributed by atoms with Crippen LogP contribution in [0.2, 0.25) is 0 Å². The first kappa shape index (κ1) is 15.5. The zero-order valence-corrected chi connectivity index (χ0v) is 13.8. The number of para-hydroxylation sites is 1. The predicted octanol–water partition coefficient (Wildman–Crippen LogP) is 3.31. The van der Waals surface area contributed by atoms with Crippen molar-refractivity contribution in [2.75, 3.05) is 5.32 Å². The van der Waals surface area contributed by atoms with E-state index in [1.807, 2.05) is 29.8 Å². The van der Waals surface area contributed by atoms with Crippen LogP contribution in [0.1, 0.15) is 29.4 Å². The van der Waals surface area contributed by atoms with Gasteiger partial charge in [0.25, 0.3) is 0 Å². The van der Waals surface area contributed by atoms with E-state index in [4.69, 9.17) is 12.2 Å². The van der Waals surface area contributed by atoms with E-state index in [2.05, 4.69) is 42.6 Å². The van der Waals surface area contributed by atoms with E-state index in [-0.39, 0.29) is 0 Å². The van der Waals surface area contributed by atoms with Crippen molar-refractivity contribution < 1.29 is 0 Å². The molecule has 21 heavy (non-hydrogen) atoms. The standard InChI is InChI=1S/C16H22N4S/c1-5-20-13(4)14(12(3)19-20)10-17-16(21)18-15-9-7-6-8-11(15)2/h6-9H,5,10H2,1-4H3,(H2,17,18,21). The van der Waals surface area contributed by atoms with Gasteiger partial charge in [-0.3, -0.25) is 4.68 Å². The highest BCUT2D eigenvalue weighted by Crippen LogP contribution is 2.14. The van der Waals surface area contributed by atoms with Gasteiger partial charge in [0.1, 0.15) is 0 Å². The van der Waals surface area contributed by atoms with Crippen molar-refractivity contribution in [2.24, 2.45) is 0 Å². The molecule has 2 rings (SSSR count). The Bertz CT molecular complexity index is 646. The van der Waals surface area contributed by atoms with Crippen LogP contribution in [0.25, 0.3) is 0 Å². The van der Waals surface area contributed by atoms with Gasteiger partial charge in [-0.25, -0.2) is 0 Å². The van der Waals surface area contributed by atoms with E-state index in [1.165, 1.54) is 16.8 Å². The van der Waals surface area contributed by atoms with E-state index in [1.54, 1.807) is 0 Å². The van der Waals surface area contributed by atoms with Crippen LogP contribution in [0.5, 0.6) is 0 Å². The molecule has 0 spiro atoms. The van der Waals surface area contributed by atoms with E-state index < -0.39 is 0 Å². The zero-order valence-electron chi connectivity index (χ0n) is 13.0. The second-order valence-corrected chi connectivity index (χ2v) is 5.50. The van der Waals surface area contributed by atoms with Crippen LogP contribution in [-0.4, -0.2) is 14.9 Å². The largest absolute Gasteiger partial charge is 0.358 e. The smallest absolute Gasteiger partial charge is 0.171 e. The lowest BCUT2D eigenvalue weighted by Gasteiger charge is -2.12. The van der Waals surface area contributed by atoms with Crippen LogP contribution in [0.15, 0.2) is 24.3 Å². The highest BCUT2D eigenvalue weighted by Gasteiger charge is 2.10. The van der Waals surface area contributed by atoms with Crippen LogP contribution in [0.4, 0.5) is 5.69 Å². The molecule has 0 amide bonds. The number of nitrogens with one attached hydrogen (secondary N) is 2. The van der Waals surface area contributed by atoms with Gasteiger partial charge >= 0.3 is 0 Å². The molecular weight excluding hydrogens is 280 g/mol. The normalized spacial score (nSPS) is 10.5. The number of hydrogen-bond donors (Lipinski definition) is 2. The van der Waals surface area contributed by atoms with E-state index in [0.29, 0.717) is 11.7 Å². The summed E-state index contributed by atoms with van der Waals surface area (Å²) < 4.78 is 2.02. The first-order valence-corrected chi connectivity index (χ1v) is 7.57. The topological polar surface area (TPSA) is 41.9 Å². The summed E-state index contributed by atoms with van der Waals surface area (Å²) in [5, 5.41) is 11.6. The van der Waals surface area contributed by atoms with Gasteiger partial charge in [-0.1, -0.05) is 18.2 Å². The fraction of sp³-hybridized carbons (Fsp3) is 0.375. The van der Waals surface area contributed by atoms with Crippen LogP contribution >= 0.6 is 12.2 Å². The minimum atomic E-state index is 0.632. The molecule has 0 atom stereocenters. The van der Waals surface area contributed by atoms with Gasteiger partial charge < -0.3 is 10.6 Å². The summed E-state index contributed by atoms with van der Waals surface area (Å²) in [7, 11) is 0. The van der Waals surface area contributed by atoms with Gasteiger partial charge in [0, 0.05) is 30.0 Å². The van der Waals surface area contributed by atoms with Crippen molar-refractivity contribution in [1.29, 1.82) is 0 Å². The molecule has 5 heteroatoms. The Morgan fingerprint density at radius 1 is 1.24 bits per heavy atom. The Balaban J connectivity index is 1.99. The van der Waals surface area contributed by atoms with Gasteiger partial charge in [0.05, 0.1) is 5.69 Å². The third-order valence-electron chi connectivity index (χ3n) is 3.65. The Morgan fingerprint density at radius 3 is 2.57 bits per heavy atom. The second kappa shape index (κ2) is 6.72. The number of anilines is 1. The van der Waals surface area contributed by atoms with Gasteiger partial charge in [0.15, 0.2) is 5.11 Å². The molecule has 1 heterocycles. The lowest BCUT2D eigenvalue weighted by Crippen LogP contribution is -2.28. The zero-order chi connectivity index (χ0) is 15.4. The third kappa shape index (κ3) is 3.61. The average molecular weight is 302 g/mol. The molecule has 2 aromatic rings. The van der Waals surface area contributed by atoms with Crippen LogP contribution in [-0.2, 0) is 13.1 Å². The molecule has 2 N–H and O–H groups in total. The maximum atomic E-state index is 5.37. The number of hydrogen-bond acceptors (Lipinski definition) is 2. The highest BCUT2D eigenvalue weighted by molar-refractivity contribution is 7.80. The van der Waals surface area contributed by atoms with Crippen molar-refractivity contribution >= 4 is 23.0 Å². The van der Waals surface area contributed by atoms with Crippen molar-refractivity contribution in [3.8, 4) is 0 Å². The summed E-state index contributed by atoms with van der Waals surface area (Å²) in [6.45, 7) is 9.87. The summed E-state index contributed by atoms with van der Waals surface area (Å²) >= 11 is 5.37. The summed E-state index contributed by atoms with van der Waals surface area (Å²) in [6.07, 6.45) is 0. The van der Waals surface area contributed by atoms with Crippen molar-refractivity contribution in [3.63, 3.8) is 0 Å². The number of aryl methyl sites for hydroxylation is 3. The van der Waals surface area contributed by atoms with Crippen molar-refractivity contribution in [1.82, 2.24) is 15.1 Å². The fourth-order valence-electron chi connectivity index (χ4n) is 2.35. The molecule has 0 saturated carbocycles. The first-order chi connectivity index (χ1) is 10.0. The summed E-state index contributed by atoms with van der Waals surface area (Å²) in [5.41, 5.74) is 5.67. The minimum absolute atomic E-state index is 0.632. The van der Waals surface area contributed by atoms with Gasteiger partial charge in [0.2, 0.25) is 0 Å². The molecule has 112 valence electrons. The van der Waals surface area contributed by atoms with Gasteiger partial charge in [-0.05, 0) is 51.5 Å². The molecule has 0 aliphatic carbocycles. The van der Waals surface area contributed by atoms with Crippen LogP contribution < -0.4 is 10.6 Å². The molecular formula is C16H22N4S. The molecule has 4 nitrogen and oxygen atoms in total. The van der Waals surface area contributed by atoms with Crippen molar-refractivity contribution in [3.05, 3.63) is 46.8 Å². The number of thiocarbonyl (C=S) groups is 1.